The van der Waals surface area contributed by atoms with Crippen molar-refractivity contribution >= 4 is 28.9 Å². The van der Waals surface area contributed by atoms with Gasteiger partial charge in [-0.15, -0.1) is 0 Å². The molecule has 0 bridgehead atoms. The van der Waals surface area contributed by atoms with Crippen molar-refractivity contribution in [3.8, 4) is 0 Å². The Bertz CT molecular complexity index is 903. The van der Waals surface area contributed by atoms with E-state index >= 15 is 0 Å². The number of rotatable bonds is 6. The third-order valence-electron chi connectivity index (χ3n) is 3.69. The summed E-state index contributed by atoms with van der Waals surface area (Å²) in [6, 6.07) is 7.21. The third kappa shape index (κ3) is 5.45. The molecule has 2 rings (SSSR count). The van der Waals surface area contributed by atoms with Gasteiger partial charge in [0.05, 0.1) is 24.1 Å². The largest absolute Gasteiger partial charge is 0.463 e. The van der Waals surface area contributed by atoms with E-state index in [1.165, 1.54) is 4.57 Å². The van der Waals surface area contributed by atoms with Gasteiger partial charge in [-0.05, 0) is 39.3 Å². The van der Waals surface area contributed by atoms with Crippen LogP contribution in [0, 0.1) is 0 Å². The van der Waals surface area contributed by atoms with Crippen molar-refractivity contribution in [3.63, 3.8) is 0 Å². The van der Waals surface area contributed by atoms with Crippen molar-refractivity contribution in [3.05, 3.63) is 48.2 Å². The maximum absolute atomic E-state index is 12.5. The van der Waals surface area contributed by atoms with Crippen LogP contribution in [0.4, 0.5) is 4.79 Å². The Balaban J connectivity index is 2.14. The molecule has 1 aromatic carbocycles. The van der Waals surface area contributed by atoms with Crippen LogP contribution < -0.4 is 0 Å². The Hall–Kier alpha value is -3.09. The van der Waals surface area contributed by atoms with E-state index in [4.69, 9.17) is 14.2 Å². The van der Waals surface area contributed by atoms with Gasteiger partial charge in [0.25, 0.3) is 0 Å². The van der Waals surface area contributed by atoms with Crippen LogP contribution in [0.5, 0.6) is 0 Å². The molecule has 0 unspecified atom stereocenters. The van der Waals surface area contributed by atoms with E-state index in [9.17, 15) is 14.4 Å². The summed E-state index contributed by atoms with van der Waals surface area (Å²) in [4.78, 5) is 36.2. The molecule has 150 valence electrons. The van der Waals surface area contributed by atoms with Crippen molar-refractivity contribution < 1.29 is 28.6 Å². The molecule has 0 aliphatic carbocycles. The first-order chi connectivity index (χ1) is 13.1. The van der Waals surface area contributed by atoms with Crippen molar-refractivity contribution in [1.82, 2.24) is 4.57 Å². The first kappa shape index (κ1) is 21.2. The number of esters is 2. The van der Waals surface area contributed by atoms with Crippen LogP contribution in [0.3, 0.4) is 0 Å². The number of hydrogen-bond acceptors (Lipinski definition) is 6. The number of hydrogen-bond donors (Lipinski definition) is 0. The summed E-state index contributed by atoms with van der Waals surface area (Å²) in [6.45, 7) is 10.5. The molecule has 7 nitrogen and oxygen atoms in total. The number of nitrogens with zero attached hydrogens (tertiary/aromatic N) is 1. The minimum atomic E-state index is -0.644. The molecule has 0 saturated heterocycles. The van der Waals surface area contributed by atoms with Gasteiger partial charge in [-0.1, -0.05) is 24.8 Å². The van der Waals surface area contributed by atoms with Gasteiger partial charge < -0.3 is 14.2 Å². The zero-order valence-corrected chi connectivity index (χ0v) is 16.6. The lowest BCUT2D eigenvalue weighted by Gasteiger charge is -2.19. The molecule has 0 fully saturated rings. The van der Waals surface area contributed by atoms with E-state index in [0.717, 1.165) is 5.39 Å². The van der Waals surface area contributed by atoms with Crippen LogP contribution in [0.2, 0.25) is 0 Å². The number of aromatic nitrogens is 1. The fourth-order valence-electron chi connectivity index (χ4n) is 2.52. The van der Waals surface area contributed by atoms with Crippen molar-refractivity contribution in [2.24, 2.45) is 0 Å². The predicted molar refractivity (Wildman–Crippen MR) is 104 cm³/mol. The summed E-state index contributed by atoms with van der Waals surface area (Å²) in [5.74, 6) is -1.14. The van der Waals surface area contributed by atoms with E-state index < -0.39 is 23.6 Å². The Morgan fingerprint density at radius 2 is 1.79 bits per heavy atom. The summed E-state index contributed by atoms with van der Waals surface area (Å²) < 4.78 is 16.7. The molecule has 28 heavy (non-hydrogen) atoms. The lowest BCUT2D eigenvalue weighted by Crippen LogP contribution is -2.26. The Morgan fingerprint density at radius 1 is 1.11 bits per heavy atom. The highest BCUT2D eigenvalue weighted by molar-refractivity contribution is 5.94. The smallest absolute Gasteiger partial charge is 0.419 e. The molecular formula is C21H25NO6. The Kier molecular flexibility index (Phi) is 6.62. The molecule has 7 heteroatoms. The molecule has 1 aromatic heterocycles. The maximum atomic E-state index is 12.5. The lowest BCUT2D eigenvalue weighted by atomic mass is 10.1. The lowest BCUT2D eigenvalue weighted by molar-refractivity contribution is -0.144. The van der Waals surface area contributed by atoms with E-state index in [0.29, 0.717) is 11.1 Å². The van der Waals surface area contributed by atoms with Gasteiger partial charge in [0.2, 0.25) is 0 Å². The van der Waals surface area contributed by atoms with Crippen molar-refractivity contribution in [2.75, 3.05) is 13.2 Å². The first-order valence-electron chi connectivity index (χ1n) is 8.95. The number of para-hydroxylation sites is 1. The average molecular weight is 387 g/mol. The van der Waals surface area contributed by atoms with E-state index in [2.05, 4.69) is 6.58 Å². The first-order valence-corrected chi connectivity index (χ1v) is 8.95. The molecule has 0 atom stereocenters. The van der Waals surface area contributed by atoms with E-state index in [1.807, 2.05) is 12.1 Å². The molecule has 0 radical (unpaired) electrons. The molecule has 0 spiro atoms. The number of ether oxygens (including phenoxy) is 3. The van der Waals surface area contributed by atoms with Gasteiger partial charge in [-0.25, -0.2) is 9.59 Å². The zero-order chi connectivity index (χ0) is 20.9. The van der Waals surface area contributed by atoms with Crippen molar-refractivity contribution in [1.29, 1.82) is 0 Å². The van der Waals surface area contributed by atoms with E-state index in [-0.39, 0.29) is 25.2 Å². The highest BCUT2D eigenvalue weighted by atomic mass is 16.6. The molecule has 1 heterocycles. The second-order valence-corrected chi connectivity index (χ2v) is 7.18. The topological polar surface area (TPSA) is 83.8 Å². The Labute approximate surface area is 163 Å². The zero-order valence-electron chi connectivity index (χ0n) is 16.6. The van der Waals surface area contributed by atoms with Crippen LogP contribution in [0.15, 0.2) is 42.6 Å². The summed E-state index contributed by atoms with van der Waals surface area (Å²) in [6.07, 6.45) is 0.978. The Morgan fingerprint density at radius 3 is 2.43 bits per heavy atom. The van der Waals surface area contributed by atoms with Gasteiger partial charge in [0.15, 0.2) is 0 Å². The van der Waals surface area contributed by atoms with Crippen LogP contribution >= 0.6 is 0 Å². The van der Waals surface area contributed by atoms with Gasteiger partial charge in [0, 0.05) is 11.6 Å². The van der Waals surface area contributed by atoms with Gasteiger partial charge >= 0.3 is 18.0 Å². The number of benzene rings is 1. The number of fused-ring (bicyclic) bond motifs is 1. The van der Waals surface area contributed by atoms with Gasteiger partial charge in [0.1, 0.15) is 12.2 Å². The fraction of sp³-hybridized carbons (Fsp3) is 0.381. The predicted octanol–water partition coefficient (Wildman–Crippen LogP) is 3.63. The summed E-state index contributed by atoms with van der Waals surface area (Å²) in [5.41, 5.74) is 0.671. The summed E-state index contributed by atoms with van der Waals surface area (Å²) in [5, 5.41) is 0.745. The van der Waals surface area contributed by atoms with Crippen LogP contribution in [-0.4, -0.2) is 41.4 Å². The summed E-state index contributed by atoms with van der Waals surface area (Å²) >= 11 is 0. The standard InChI is InChI=1S/C21H25NO6/c1-6-26-19(24)14(2)13-27-18(23)11-15-12-22(20(25)28-21(3,4)5)17-10-8-7-9-16(15)17/h7-10,12H,2,6,11,13H2,1,3-5H3. The highest BCUT2D eigenvalue weighted by Crippen LogP contribution is 2.23. The van der Waals surface area contributed by atoms with Crippen molar-refractivity contribution in [2.45, 2.75) is 39.7 Å². The minimum Gasteiger partial charge on any atom is -0.463 e. The average Bonchev–Trinajstić information content (AvgIpc) is 2.97. The molecule has 0 aliphatic heterocycles. The SMILES string of the molecule is C=C(COC(=O)Cc1cn(C(=O)OC(C)(C)C)c2ccccc12)C(=O)OCC. The monoisotopic (exact) mass is 387 g/mol. The quantitative estimate of drug-likeness (QED) is 0.428. The molecule has 0 saturated carbocycles. The molecule has 2 aromatic rings. The van der Waals surface area contributed by atoms with Gasteiger partial charge in [-0.2, -0.15) is 0 Å². The minimum absolute atomic E-state index is 0.0615. The van der Waals surface area contributed by atoms with Crippen LogP contribution in [0.1, 0.15) is 33.3 Å². The molecule has 0 aliphatic rings. The second kappa shape index (κ2) is 8.73. The normalized spacial score (nSPS) is 11.1. The highest BCUT2D eigenvalue weighted by Gasteiger charge is 2.22. The summed E-state index contributed by atoms with van der Waals surface area (Å²) in [7, 11) is 0. The molecule has 0 N–H and O–H groups in total. The molecule has 0 amide bonds. The maximum Gasteiger partial charge on any atom is 0.419 e. The second-order valence-electron chi connectivity index (χ2n) is 7.18. The fourth-order valence-corrected chi connectivity index (χ4v) is 2.52. The number of carbonyl (C=O) groups is 3. The third-order valence-corrected chi connectivity index (χ3v) is 3.69. The van der Waals surface area contributed by atoms with Gasteiger partial charge in [-0.3, -0.25) is 9.36 Å². The van der Waals surface area contributed by atoms with Crippen LogP contribution in [-0.2, 0) is 30.2 Å². The van der Waals surface area contributed by atoms with Crippen LogP contribution in [0.25, 0.3) is 10.9 Å². The number of carbonyl (C=O) groups excluding carboxylic acids is 3. The molecular weight excluding hydrogens is 362 g/mol. The van der Waals surface area contributed by atoms with E-state index in [1.54, 1.807) is 46.0 Å².